The van der Waals surface area contributed by atoms with Crippen LogP contribution in [0.1, 0.15) is 26.7 Å². The molecule has 0 N–H and O–H groups in total. The zero-order valence-electron chi connectivity index (χ0n) is 15.5. The SMILES string of the molecule is CC(C)=CC(=O)N1CCC[C@@H](CN2CCN(c3ccccn3)CC2)C1. The molecule has 1 aromatic rings. The van der Waals surface area contributed by atoms with Crippen LogP contribution in [0.2, 0.25) is 0 Å². The van der Waals surface area contributed by atoms with Crippen molar-refractivity contribution in [3.8, 4) is 0 Å². The molecule has 2 aliphatic heterocycles. The van der Waals surface area contributed by atoms with Gasteiger partial charge in [-0.15, -0.1) is 0 Å². The van der Waals surface area contributed by atoms with Crippen LogP contribution < -0.4 is 4.90 Å². The normalized spacial score (nSPS) is 21.9. The first-order chi connectivity index (χ1) is 12.1. The van der Waals surface area contributed by atoms with Gasteiger partial charge in [-0.1, -0.05) is 11.6 Å². The number of allylic oxidation sites excluding steroid dienone is 1. The summed E-state index contributed by atoms with van der Waals surface area (Å²) in [7, 11) is 0. The van der Waals surface area contributed by atoms with Crippen LogP contribution in [0.5, 0.6) is 0 Å². The van der Waals surface area contributed by atoms with E-state index in [1.807, 2.05) is 31.0 Å². The number of piperazine rings is 1. The number of hydrogen-bond acceptors (Lipinski definition) is 4. The van der Waals surface area contributed by atoms with Gasteiger partial charge in [-0.2, -0.15) is 0 Å². The lowest BCUT2D eigenvalue weighted by atomic mass is 9.97. The number of aromatic nitrogens is 1. The van der Waals surface area contributed by atoms with E-state index in [9.17, 15) is 4.79 Å². The second-order valence-corrected chi connectivity index (χ2v) is 7.49. The van der Waals surface area contributed by atoms with Gasteiger partial charge in [0.1, 0.15) is 5.82 Å². The van der Waals surface area contributed by atoms with Crippen molar-refractivity contribution in [2.45, 2.75) is 26.7 Å². The van der Waals surface area contributed by atoms with Crippen LogP contribution in [0.15, 0.2) is 36.0 Å². The largest absolute Gasteiger partial charge is 0.354 e. The molecule has 2 fully saturated rings. The Morgan fingerprint density at radius 2 is 2.00 bits per heavy atom. The highest BCUT2D eigenvalue weighted by Gasteiger charge is 2.26. The number of hydrogen-bond donors (Lipinski definition) is 0. The predicted octanol–water partition coefficient (Wildman–Crippen LogP) is 2.41. The molecule has 0 unspecified atom stereocenters. The van der Waals surface area contributed by atoms with Crippen molar-refractivity contribution in [2.24, 2.45) is 5.92 Å². The number of likely N-dealkylation sites (tertiary alicyclic amines) is 1. The molecule has 0 aliphatic carbocycles. The summed E-state index contributed by atoms with van der Waals surface area (Å²) in [5, 5.41) is 0. The molecule has 5 nitrogen and oxygen atoms in total. The van der Waals surface area contributed by atoms with Gasteiger partial charge in [-0.25, -0.2) is 4.98 Å². The summed E-state index contributed by atoms with van der Waals surface area (Å²) in [6.07, 6.45) is 6.00. The number of carbonyl (C=O) groups excluding carboxylic acids is 1. The minimum absolute atomic E-state index is 0.185. The van der Waals surface area contributed by atoms with Gasteiger partial charge in [-0.3, -0.25) is 9.69 Å². The average Bonchev–Trinajstić information content (AvgIpc) is 2.63. The van der Waals surface area contributed by atoms with E-state index in [-0.39, 0.29) is 5.91 Å². The highest BCUT2D eigenvalue weighted by Crippen LogP contribution is 2.20. The van der Waals surface area contributed by atoms with Gasteiger partial charge in [-0.05, 0) is 44.7 Å². The van der Waals surface area contributed by atoms with E-state index >= 15 is 0 Å². The van der Waals surface area contributed by atoms with Crippen LogP contribution in [0.25, 0.3) is 0 Å². The zero-order chi connectivity index (χ0) is 17.6. The van der Waals surface area contributed by atoms with Gasteiger partial charge in [0.05, 0.1) is 0 Å². The maximum Gasteiger partial charge on any atom is 0.246 e. The van der Waals surface area contributed by atoms with Crippen LogP contribution in [0, 0.1) is 5.92 Å². The van der Waals surface area contributed by atoms with Crippen LogP contribution >= 0.6 is 0 Å². The van der Waals surface area contributed by atoms with Gasteiger partial charge in [0.2, 0.25) is 5.91 Å². The van der Waals surface area contributed by atoms with Crippen LogP contribution in [0.3, 0.4) is 0 Å². The maximum atomic E-state index is 12.3. The third-order valence-corrected chi connectivity index (χ3v) is 5.10. The fourth-order valence-electron chi connectivity index (χ4n) is 3.82. The van der Waals surface area contributed by atoms with Crippen molar-refractivity contribution >= 4 is 11.7 Å². The Labute approximate surface area is 151 Å². The van der Waals surface area contributed by atoms with E-state index in [1.165, 1.54) is 6.42 Å². The molecule has 0 bridgehead atoms. The fourth-order valence-corrected chi connectivity index (χ4v) is 3.82. The van der Waals surface area contributed by atoms with E-state index < -0.39 is 0 Å². The van der Waals surface area contributed by atoms with E-state index in [1.54, 1.807) is 6.08 Å². The molecule has 3 heterocycles. The van der Waals surface area contributed by atoms with Crippen molar-refractivity contribution in [1.82, 2.24) is 14.8 Å². The Kier molecular flexibility index (Phi) is 6.08. The zero-order valence-corrected chi connectivity index (χ0v) is 15.5. The molecule has 1 amide bonds. The Morgan fingerprint density at radius 1 is 1.20 bits per heavy atom. The van der Waals surface area contributed by atoms with Crippen molar-refractivity contribution in [1.29, 1.82) is 0 Å². The fraction of sp³-hybridized carbons (Fsp3) is 0.600. The molecule has 2 aliphatic rings. The van der Waals surface area contributed by atoms with E-state index in [4.69, 9.17) is 0 Å². The third-order valence-electron chi connectivity index (χ3n) is 5.10. The second kappa shape index (κ2) is 8.48. The van der Waals surface area contributed by atoms with Gasteiger partial charge in [0, 0.05) is 58.1 Å². The molecule has 1 aromatic heterocycles. The number of carbonyl (C=O) groups is 1. The van der Waals surface area contributed by atoms with Crippen LogP contribution in [-0.2, 0) is 4.79 Å². The maximum absolute atomic E-state index is 12.3. The number of nitrogens with zero attached hydrogens (tertiary/aromatic N) is 4. The van der Waals surface area contributed by atoms with Crippen molar-refractivity contribution < 1.29 is 4.79 Å². The van der Waals surface area contributed by atoms with Crippen LogP contribution in [-0.4, -0.2) is 66.5 Å². The first kappa shape index (κ1) is 17.9. The molecule has 0 spiro atoms. The molecule has 5 heteroatoms. The Balaban J connectivity index is 1.47. The Bertz CT molecular complexity index is 589. The number of pyridine rings is 1. The highest BCUT2D eigenvalue weighted by atomic mass is 16.2. The third kappa shape index (κ3) is 5.05. The predicted molar refractivity (Wildman–Crippen MR) is 102 cm³/mol. The first-order valence-corrected chi connectivity index (χ1v) is 9.44. The number of piperidine rings is 1. The second-order valence-electron chi connectivity index (χ2n) is 7.49. The topological polar surface area (TPSA) is 39.7 Å². The Hall–Kier alpha value is -1.88. The lowest BCUT2D eigenvalue weighted by Crippen LogP contribution is -2.50. The molecule has 2 saturated heterocycles. The molecule has 1 atom stereocenters. The molecule has 0 radical (unpaired) electrons. The molecule has 0 aromatic carbocycles. The van der Waals surface area contributed by atoms with Crippen molar-refractivity contribution in [3.63, 3.8) is 0 Å². The lowest BCUT2D eigenvalue weighted by molar-refractivity contribution is -0.128. The summed E-state index contributed by atoms with van der Waals surface area (Å²) in [6, 6.07) is 6.10. The molecular formula is C20H30N4O. The summed E-state index contributed by atoms with van der Waals surface area (Å²) in [5.74, 6) is 1.87. The number of rotatable bonds is 4. The molecular weight excluding hydrogens is 312 g/mol. The monoisotopic (exact) mass is 342 g/mol. The molecule has 25 heavy (non-hydrogen) atoms. The highest BCUT2D eigenvalue weighted by molar-refractivity contribution is 5.88. The van der Waals surface area contributed by atoms with E-state index in [0.29, 0.717) is 5.92 Å². The van der Waals surface area contributed by atoms with Gasteiger partial charge < -0.3 is 9.80 Å². The summed E-state index contributed by atoms with van der Waals surface area (Å²) in [6.45, 7) is 11.1. The number of amides is 1. The van der Waals surface area contributed by atoms with Crippen molar-refractivity contribution in [2.75, 3.05) is 50.7 Å². The van der Waals surface area contributed by atoms with E-state index in [0.717, 1.165) is 63.6 Å². The number of anilines is 1. The average molecular weight is 342 g/mol. The molecule has 136 valence electrons. The van der Waals surface area contributed by atoms with Gasteiger partial charge in [0.15, 0.2) is 0 Å². The Morgan fingerprint density at radius 3 is 2.68 bits per heavy atom. The van der Waals surface area contributed by atoms with Crippen LogP contribution in [0.4, 0.5) is 5.82 Å². The van der Waals surface area contributed by atoms with Gasteiger partial charge >= 0.3 is 0 Å². The quantitative estimate of drug-likeness (QED) is 0.788. The molecule has 0 saturated carbocycles. The molecule has 3 rings (SSSR count). The minimum Gasteiger partial charge on any atom is -0.354 e. The summed E-state index contributed by atoms with van der Waals surface area (Å²) in [4.78, 5) is 23.7. The summed E-state index contributed by atoms with van der Waals surface area (Å²) >= 11 is 0. The summed E-state index contributed by atoms with van der Waals surface area (Å²) in [5.41, 5.74) is 1.08. The smallest absolute Gasteiger partial charge is 0.246 e. The van der Waals surface area contributed by atoms with Crippen molar-refractivity contribution in [3.05, 3.63) is 36.0 Å². The first-order valence-electron chi connectivity index (χ1n) is 9.44. The lowest BCUT2D eigenvalue weighted by Gasteiger charge is -2.39. The van der Waals surface area contributed by atoms with Gasteiger partial charge in [0.25, 0.3) is 0 Å². The standard InChI is InChI=1S/C20H30N4O/c1-17(2)14-20(25)24-9-5-6-18(16-24)15-22-10-12-23(13-11-22)19-7-3-4-8-21-19/h3-4,7-8,14,18H,5-6,9-13,15-16H2,1-2H3/t18-/m0/s1. The summed E-state index contributed by atoms with van der Waals surface area (Å²) < 4.78 is 0. The van der Waals surface area contributed by atoms with E-state index in [2.05, 4.69) is 26.9 Å². The minimum atomic E-state index is 0.185.